The lowest BCUT2D eigenvalue weighted by atomic mass is 10.1. The van der Waals surface area contributed by atoms with Gasteiger partial charge in [-0.25, -0.2) is 9.18 Å². The maximum Gasteiger partial charge on any atom is 0.341 e. The first-order valence-electron chi connectivity index (χ1n) is 12.9. The summed E-state index contributed by atoms with van der Waals surface area (Å²) in [5.74, 6) is -1.96. The van der Waals surface area contributed by atoms with E-state index < -0.39 is 17.2 Å². The number of carbonyl (C=O) groups is 1. The predicted octanol–water partition coefficient (Wildman–Crippen LogP) is 4.70. The average molecular weight is 643 g/mol. The number of carboxylic acid groups (broad SMARTS) is 1. The van der Waals surface area contributed by atoms with Crippen LogP contribution in [0.2, 0.25) is 0 Å². The van der Waals surface area contributed by atoms with Gasteiger partial charge in [-0.3, -0.25) is 14.3 Å². The molecule has 4 aromatic rings. The highest BCUT2D eigenvalue weighted by Gasteiger charge is 2.29. The summed E-state index contributed by atoms with van der Waals surface area (Å²) in [5, 5.41) is 28.9. The lowest BCUT2D eigenvalue weighted by Crippen LogP contribution is -2.47. The van der Waals surface area contributed by atoms with Gasteiger partial charge in [0.2, 0.25) is 16.4 Å². The second-order valence-electron chi connectivity index (χ2n) is 10.2. The lowest BCUT2D eigenvalue weighted by molar-refractivity contribution is 0.0695. The van der Waals surface area contributed by atoms with E-state index in [1.807, 2.05) is 23.1 Å². The van der Waals surface area contributed by atoms with Crippen molar-refractivity contribution in [1.82, 2.24) is 14.0 Å². The van der Waals surface area contributed by atoms with Crippen molar-refractivity contribution < 1.29 is 19.4 Å². The van der Waals surface area contributed by atoms with E-state index >= 15 is 4.39 Å². The van der Waals surface area contributed by atoms with E-state index in [1.54, 1.807) is 15.2 Å². The molecular formula is C27H25BrFN7O4S. The number of benzene rings is 2. The number of halogens is 2. The Bertz CT molecular complexity index is 1830. The van der Waals surface area contributed by atoms with Crippen molar-refractivity contribution in [2.45, 2.75) is 25.6 Å². The van der Waals surface area contributed by atoms with Gasteiger partial charge in [0, 0.05) is 53.7 Å². The highest BCUT2D eigenvalue weighted by Crippen LogP contribution is 2.41. The lowest BCUT2D eigenvalue weighted by Gasteiger charge is -2.36. The summed E-state index contributed by atoms with van der Waals surface area (Å²) in [6.07, 6.45) is 3.14. The van der Waals surface area contributed by atoms with E-state index in [9.17, 15) is 19.8 Å². The summed E-state index contributed by atoms with van der Waals surface area (Å²) in [6.45, 7) is 2.51. The molecule has 2 aromatic heterocycles. The second-order valence-corrected chi connectivity index (χ2v) is 11.5. The van der Waals surface area contributed by atoms with Crippen LogP contribution < -0.4 is 16.1 Å². The number of nitrogens with zero attached hydrogens (tertiary/aromatic N) is 6. The zero-order valence-corrected chi connectivity index (χ0v) is 24.0. The number of aromatic nitrogens is 2. The molecule has 2 fully saturated rings. The number of rotatable bonds is 6. The van der Waals surface area contributed by atoms with E-state index in [0.29, 0.717) is 49.4 Å². The third kappa shape index (κ3) is 5.06. The average Bonchev–Trinajstić information content (AvgIpc) is 3.74. The molecule has 0 atom stereocenters. The van der Waals surface area contributed by atoms with E-state index in [4.69, 9.17) is 18.0 Å². The van der Waals surface area contributed by atoms with E-state index in [-0.39, 0.29) is 33.7 Å². The molecule has 1 aliphatic carbocycles. The van der Waals surface area contributed by atoms with Crippen LogP contribution in [-0.4, -0.2) is 61.5 Å². The fraction of sp³-hybridized carbons (Fsp3) is 0.296. The summed E-state index contributed by atoms with van der Waals surface area (Å²) >= 11 is 8.25. The fourth-order valence-electron chi connectivity index (χ4n) is 5.38. The number of carboxylic acids is 1. The van der Waals surface area contributed by atoms with Gasteiger partial charge in [-0.1, -0.05) is 15.9 Å². The van der Waals surface area contributed by atoms with E-state index in [1.165, 1.54) is 6.20 Å². The van der Waals surface area contributed by atoms with Crippen molar-refractivity contribution in [1.29, 1.82) is 0 Å². The summed E-state index contributed by atoms with van der Waals surface area (Å²) in [6, 6.07) is 8.49. The SMILES string of the molecule is NC(=S)N=Nc1c(O)n(CN2CCN(c3cc4c(cc3F)c(=O)c(C(=O)O)cn4C3CC3)CC2)c2ccc(Br)cc12. The van der Waals surface area contributed by atoms with Gasteiger partial charge < -0.3 is 25.4 Å². The van der Waals surface area contributed by atoms with Crippen LogP contribution in [0.15, 0.2) is 56.0 Å². The number of aromatic carboxylic acids is 1. The van der Waals surface area contributed by atoms with Gasteiger partial charge in [0.05, 0.1) is 23.4 Å². The van der Waals surface area contributed by atoms with E-state index in [2.05, 4.69) is 31.1 Å². The minimum atomic E-state index is -1.32. The monoisotopic (exact) mass is 641 g/mol. The number of azo groups is 1. The summed E-state index contributed by atoms with van der Waals surface area (Å²) < 4.78 is 19.7. The standard InChI is InChI=1S/C27H25BrFN7O4S/c28-14-1-4-20-16(9-14)23(31-32-27(30)41)25(38)36(20)13-33-5-7-34(8-6-33)22-11-21-17(10-19(22)29)24(37)18(26(39)40)12-35(21)15-2-3-15/h1,4,9-12,15,38H,2-3,5-8,13H2,(H2,30,41)(H,39,40). The molecule has 0 bridgehead atoms. The van der Waals surface area contributed by atoms with Crippen LogP contribution in [0.3, 0.4) is 0 Å². The van der Waals surface area contributed by atoms with Gasteiger partial charge in [-0.2, -0.15) is 0 Å². The molecule has 41 heavy (non-hydrogen) atoms. The minimum Gasteiger partial charge on any atom is -0.493 e. The van der Waals surface area contributed by atoms with Crippen LogP contribution in [0.4, 0.5) is 15.8 Å². The number of thiocarbonyl (C=S) groups is 1. The number of aromatic hydroxyl groups is 1. The van der Waals surface area contributed by atoms with Crippen molar-refractivity contribution in [2.24, 2.45) is 16.0 Å². The Kier molecular flexibility index (Phi) is 6.99. The number of hydrogen-bond donors (Lipinski definition) is 3. The zero-order chi connectivity index (χ0) is 29.0. The molecule has 14 heteroatoms. The van der Waals surface area contributed by atoms with Gasteiger partial charge in [0.25, 0.3) is 0 Å². The Morgan fingerprint density at radius 2 is 1.85 bits per heavy atom. The van der Waals surface area contributed by atoms with Gasteiger partial charge >= 0.3 is 5.97 Å². The van der Waals surface area contributed by atoms with Crippen molar-refractivity contribution in [3.05, 3.63) is 62.6 Å². The van der Waals surface area contributed by atoms with Crippen LogP contribution in [0.1, 0.15) is 29.2 Å². The molecule has 1 saturated carbocycles. The number of fused-ring (bicyclic) bond motifs is 2. The van der Waals surface area contributed by atoms with Crippen molar-refractivity contribution in [3.8, 4) is 5.88 Å². The number of anilines is 1. The van der Waals surface area contributed by atoms with Crippen LogP contribution >= 0.6 is 28.1 Å². The molecule has 0 unspecified atom stereocenters. The van der Waals surface area contributed by atoms with Crippen LogP contribution in [0.5, 0.6) is 5.88 Å². The first-order valence-corrected chi connectivity index (χ1v) is 14.1. The maximum atomic E-state index is 15.4. The molecule has 1 saturated heterocycles. The second kappa shape index (κ2) is 10.5. The molecule has 6 rings (SSSR count). The van der Waals surface area contributed by atoms with Crippen LogP contribution in [-0.2, 0) is 6.67 Å². The topological polar surface area (TPSA) is 142 Å². The molecule has 0 amide bonds. The molecule has 4 N–H and O–H groups in total. The van der Waals surface area contributed by atoms with E-state index in [0.717, 1.165) is 28.9 Å². The third-order valence-corrected chi connectivity index (χ3v) is 8.12. The third-order valence-electron chi connectivity index (χ3n) is 7.55. The summed E-state index contributed by atoms with van der Waals surface area (Å²) in [5.41, 5.74) is 6.36. The number of hydrogen-bond acceptors (Lipinski definition) is 7. The molecular weight excluding hydrogens is 617 g/mol. The van der Waals surface area contributed by atoms with Gasteiger partial charge in [-0.05, 0) is 55.4 Å². The Labute approximate surface area is 246 Å². The first-order chi connectivity index (χ1) is 19.6. The normalized spacial score (nSPS) is 16.3. The molecule has 2 aromatic carbocycles. The quantitative estimate of drug-likeness (QED) is 0.203. The molecule has 1 aliphatic heterocycles. The van der Waals surface area contributed by atoms with Gasteiger partial charge in [0.15, 0.2) is 5.69 Å². The van der Waals surface area contributed by atoms with Gasteiger partial charge in [-0.15, -0.1) is 10.2 Å². The van der Waals surface area contributed by atoms with Crippen molar-refractivity contribution >= 4 is 72.4 Å². The molecule has 3 heterocycles. The van der Waals surface area contributed by atoms with Crippen LogP contribution in [0.25, 0.3) is 21.8 Å². The Balaban J connectivity index is 1.26. The largest absolute Gasteiger partial charge is 0.493 e. The predicted molar refractivity (Wildman–Crippen MR) is 160 cm³/mol. The number of nitrogens with two attached hydrogens (primary N) is 1. The molecule has 2 aliphatic rings. The highest BCUT2D eigenvalue weighted by atomic mass is 79.9. The fourth-order valence-corrected chi connectivity index (χ4v) is 5.78. The molecule has 0 spiro atoms. The molecule has 11 nitrogen and oxygen atoms in total. The first kappa shape index (κ1) is 27.3. The van der Waals surface area contributed by atoms with Gasteiger partial charge in [0.1, 0.15) is 11.4 Å². The summed E-state index contributed by atoms with van der Waals surface area (Å²) in [4.78, 5) is 28.5. The minimum absolute atomic E-state index is 0.0696. The number of pyridine rings is 1. The Hall–Kier alpha value is -3.88. The van der Waals surface area contributed by atoms with Crippen molar-refractivity contribution in [3.63, 3.8) is 0 Å². The zero-order valence-electron chi connectivity index (χ0n) is 21.6. The Morgan fingerprint density at radius 3 is 2.51 bits per heavy atom. The van der Waals surface area contributed by atoms with Crippen LogP contribution in [0, 0.1) is 5.82 Å². The number of piperazine rings is 1. The maximum absolute atomic E-state index is 15.4. The van der Waals surface area contributed by atoms with Crippen molar-refractivity contribution in [2.75, 3.05) is 31.1 Å². The Morgan fingerprint density at radius 1 is 1.12 bits per heavy atom. The highest BCUT2D eigenvalue weighted by molar-refractivity contribution is 9.10. The molecule has 0 radical (unpaired) electrons. The smallest absolute Gasteiger partial charge is 0.341 e. The summed E-state index contributed by atoms with van der Waals surface area (Å²) in [7, 11) is 0. The molecule has 212 valence electrons.